The van der Waals surface area contributed by atoms with Crippen molar-refractivity contribution in [1.82, 2.24) is 15.4 Å². The van der Waals surface area contributed by atoms with Crippen LogP contribution < -0.4 is 16.2 Å². The van der Waals surface area contributed by atoms with E-state index < -0.39 is 0 Å². The van der Waals surface area contributed by atoms with Gasteiger partial charge in [-0.05, 0) is 12.3 Å². The van der Waals surface area contributed by atoms with Gasteiger partial charge in [-0.25, -0.2) is 15.8 Å². The van der Waals surface area contributed by atoms with Gasteiger partial charge in [-0.15, -0.1) is 11.3 Å². The van der Waals surface area contributed by atoms with E-state index in [9.17, 15) is 4.79 Å². The van der Waals surface area contributed by atoms with Crippen molar-refractivity contribution in [3.8, 4) is 0 Å². The lowest BCUT2D eigenvalue weighted by Crippen LogP contribution is -2.37. The van der Waals surface area contributed by atoms with E-state index in [-0.39, 0.29) is 5.91 Å². The molecule has 0 aromatic carbocycles. The number of nitrogens with zero attached hydrogens (tertiary/aromatic N) is 3. The zero-order valence-electron chi connectivity index (χ0n) is 11.5. The molecule has 1 aliphatic heterocycles. The Kier molecular flexibility index (Phi) is 4.24. The average Bonchev–Trinajstić information content (AvgIpc) is 2.97. The molecule has 0 atom stereocenters. The standard InChI is InChI=1S/C12H15N5O2S2/c1-20-12-14-9(17-2-4-19-5-3-17)7-6-8(10(18)16-13)21-11(7)15-12/h6H,2-5,13H2,1H3,(H,16,18). The van der Waals surface area contributed by atoms with Crippen LogP contribution in [0, 0.1) is 0 Å². The number of aromatic nitrogens is 2. The van der Waals surface area contributed by atoms with Crippen molar-refractivity contribution in [2.45, 2.75) is 5.16 Å². The molecule has 1 fully saturated rings. The van der Waals surface area contributed by atoms with E-state index >= 15 is 0 Å². The van der Waals surface area contributed by atoms with E-state index in [1.807, 2.05) is 6.26 Å². The number of rotatable bonds is 3. The summed E-state index contributed by atoms with van der Waals surface area (Å²) in [5.74, 6) is 5.76. The molecule has 3 N–H and O–H groups in total. The lowest BCUT2D eigenvalue weighted by molar-refractivity contribution is 0.0957. The number of amides is 1. The van der Waals surface area contributed by atoms with Crippen LogP contribution in [0.1, 0.15) is 9.67 Å². The number of nitrogens with one attached hydrogen (secondary N) is 1. The van der Waals surface area contributed by atoms with Gasteiger partial charge >= 0.3 is 0 Å². The first-order chi connectivity index (χ1) is 10.2. The van der Waals surface area contributed by atoms with Crippen molar-refractivity contribution in [1.29, 1.82) is 0 Å². The number of fused-ring (bicyclic) bond motifs is 1. The van der Waals surface area contributed by atoms with Crippen LogP contribution in [0.25, 0.3) is 10.2 Å². The molecule has 0 bridgehead atoms. The number of hydrazine groups is 1. The lowest BCUT2D eigenvalue weighted by atomic mass is 10.3. The maximum Gasteiger partial charge on any atom is 0.275 e. The predicted octanol–water partition coefficient (Wildman–Crippen LogP) is 0.853. The number of thiophene rings is 1. The average molecular weight is 325 g/mol. The Morgan fingerprint density at radius 1 is 1.48 bits per heavy atom. The van der Waals surface area contributed by atoms with Crippen LogP contribution in [0.5, 0.6) is 0 Å². The molecular formula is C12H15N5O2S2. The molecule has 0 spiro atoms. The Morgan fingerprint density at radius 2 is 2.24 bits per heavy atom. The minimum absolute atomic E-state index is 0.309. The molecule has 0 aliphatic carbocycles. The van der Waals surface area contributed by atoms with Crippen LogP contribution in [0.4, 0.5) is 5.82 Å². The number of morpholine rings is 1. The van der Waals surface area contributed by atoms with Gasteiger partial charge in [-0.1, -0.05) is 11.8 Å². The molecule has 3 rings (SSSR count). The number of hydrogen-bond acceptors (Lipinski definition) is 8. The van der Waals surface area contributed by atoms with Crippen molar-refractivity contribution in [2.24, 2.45) is 5.84 Å². The highest BCUT2D eigenvalue weighted by Gasteiger charge is 2.20. The van der Waals surface area contributed by atoms with E-state index in [0.29, 0.717) is 23.2 Å². The first kappa shape index (κ1) is 14.5. The molecular weight excluding hydrogens is 310 g/mol. The van der Waals surface area contributed by atoms with Gasteiger partial charge in [0.1, 0.15) is 10.6 Å². The predicted molar refractivity (Wildman–Crippen MR) is 83.9 cm³/mol. The lowest BCUT2D eigenvalue weighted by Gasteiger charge is -2.28. The third-order valence-electron chi connectivity index (χ3n) is 3.20. The van der Waals surface area contributed by atoms with Crippen molar-refractivity contribution in [2.75, 3.05) is 37.5 Å². The summed E-state index contributed by atoms with van der Waals surface area (Å²) in [5.41, 5.74) is 2.15. The van der Waals surface area contributed by atoms with Crippen molar-refractivity contribution in [3.63, 3.8) is 0 Å². The van der Waals surface area contributed by atoms with Crippen LogP contribution in [0.15, 0.2) is 11.2 Å². The zero-order valence-corrected chi connectivity index (χ0v) is 13.1. The number of carbonyl (C=O) groups excluding carboxylic acids is 1. The fourth-order valence-corrected chi connectivity index (χ4v) is 3.52. The summed E-state index contributed by atoms with van der Waals surface area (Å²) in [4.78, 5) is 24.3. The molecule has 112 valence electrons. The maximum atomic E-state index is 11.7. The molecule has 9 heteroatoms. The Hall–Kier alpha value is -1.42. The Bertz CT molecular complexity index is 669. The van der Waals surface area contributed by atoms with E-state index in [4.69, 9.17) is 10.6 Å². The number of ether oxygens (including phenoxy) is 1. The molecule has 2 aromatic heterocycles. The fraction of sp³-hybridized carbons (Fsp3) is 0.417. The summed E-state index contributed by atoms with van der Waals surface area (Å²) in [6, 6.07) is 1.80. The van der Waals surface area contributed by atoms with Crippen LogP contribution in [-0.2, 0) is 4.74 Å². The van der Waals surface area contributed by atoms with Crippen molar-refractivity contribution >= 4 is 45.0 Å². The number of thioether (sulfide) groups is 1. The molecule has 1 amide bonds. The van der Waals surface area contributed by atoms with E-state index in [1.165, 1.54) is 23.1 Å². The summed E-state index contributed by atoms with van der Waals surface area (Å²) in [6.07, 6.45) is 1.94. The molecule has 1 saturated heterocycles. The van der Waals surface area contributed by atoms with Gasteiger partial charge in [0.05, 0.1) is 23.5 Å². The van der Waals surface area contributed by atoms with Crippen LogP contribution >= 0.6 is 23.1 Å². The third-order valence-corrected chi connectivity index (χ3v) is 4.78. The fourth-order valence-electron chi connectivity index (χ4n) is 2.18. The smallest absolute Gasteiger partial charge is 0.275 e. The largest absolute Gasteiger partial charge is 0.378 e. The van der Waals surface area contributed by atoms with Crippen LogP contribution in [-0.4, -0.2) is 48.4 Å². The molecule has 0 radical (unpaired) electrons. The maximum absolute atomic E-state index is 11.7. The number of hydrogen-bond donors (Lipinski definition) is 2. The second-order valence-corrected chi connectivity index (χ2v) is 6.24. The van der Waals surface area contributed by atoms with Crippen LogP contribution in [0.3, 0.4) is 0 Å². The van der Waals surface area contributed by atoms with Gasteiger partial charge in [0.25, 0.3) is 5.91 Å². The highest BCUT2D eigenvalue weighted by molar-refractivity contribution is 7.98. The van der Waals surface area contributed by atoms with Crippen LogP contribution in [0.2, 0.25) is 0 Å². The second kappa shape index (κ2) is 6.14. The van der Waals surface area contributed by atoms with Gasteiger partial charge in [-0.2, -0.15) is 0 Å². The highest BCUT2D eigenvalue weighted by Crippen LogP contribution is 2.33. The summed E-state index contributed by atoms with van der Waals surface area (Å²) in [7, 11) is 0. The Morgan fingerprint density at radius 3 is 2.90 bits per heavy atom. The summed E-state index contributed by atoms with van der Waals surface area (Å²) < 4.78 is 5.38. The van der Waals surface area contributed by atoms with Gasteiger partial charge in [0, 0.05) is 13.1 Å². The first-order valence-electron chi connectivity index (χ1n) is 6.42. The zero-order chi connectivity index (χ0) is 14.8. The quantitative estimate of drug-likeness (QED) is 0.284. The van der Waals surface area contributed by atoms with Gasteiger partial charge in [0.15, 0.2) is 5.16 Å². The number of anilines is 1. The Labute approximate surface area is 129 Å². The normalized spacial score (nSPS) is 15.4. The van der Waals surface area contributed by atoms with Gasteiger partial charge in [-0.3, -0.25) is 10.2 Å². The first-order valence-corrected chi connectivity index (χ1v) is 8.46. The van der Waals surface area contributed by atoms with Crippen molar-refractivity contribution < 1.29 is 9.53 Å². The summed E-state index contributed by atoms with van der Waals surface area (Å²) in [5, 5.41) is 1.59. The number of carbonyl (C=O) groups is 1. The van der Waals surface area contributed by atoms with Gasteiger partial charge < -0.3 is 9.64 Å². The molecule has 3 heterocycles. The van der Waals surface area contributed by atoms with Gasteiger partial charge in [0.2, 0.25) is 0 Å². The molecule has 2 aromatic rings. The minimum atomic E-state index is -0.309. The SMILES string of the molecule is CSc1nc(N2CCOCC2)c2cc(C(=O)NN)sc2n1. The third kappa shape index (κ3) is 2.82. The molecule has 21 heavy (non-hydrogen) atoms. The second-order valence-electron chi connectivity index (χ2n) is 4.44. The van der Waals surface area contributed by atoms with E-state index in [1.54, 1.807) is 6.07 Å². The minimum Gasteiger partial charge on any atom is -0.378 e. The Balaban J connectivity index is 2.11. The summed E-state index contributed by atoms with van der Waals surface area (Å²) in [6.45, 7) is 2.93. The molecule has 0 saturated carbocycles. The number of nitrogen functional groups attached to an aromatic ring is 1. The van der Waals surface area contributed by atoms with E-state index in [0.717, 1.165) is 29.1 Å². The monoisotopic (exact) mass is 325 g/mol. The topological polar surface area (TPSA) is 93.4 Å². The highest BCUT2D eigenvalue weighted by atomic mass is 32.2. The molecule has 7 nitrogen and oxygen atoms in total. The molecule has 1 aliphatic rings. The summed E-state index contributed by atoms with van der Waals surface area (Å²) >= 11 is 2.81. The van der Waals surface area contributed by atoms with E-state index in [2.05, 4.69) is 20.3 Å². The number of nitrogens with two attached hydrogens (primary N) is 1. The van der Waals surface area contributed by atoms with Crippen molar-refractivity contribution in [3.05, 3.63) is 10.9 Å². The molecule has 0 unspecified atom stereocenters.